The van der Waals surface area contributed by atoms with Gasteiger partial charge in [-0.3, -0.25) is 0 Å². The maximum atomic E-state index is 11.1. The number of benzene rings is 3. The number of rotatable bonds is 4. The topological polar surface area (TPSA) is 32.7 Å². The fraction of sp³-hybridized carbons (Fsp3) is 0.182. The van der Waals surface area contributed by atoms with Crippen LogP contribution in [-0.2, 0) is 6.54 Å². The molecule has 4 rings (SSSR count). The second-order valence-electron chi connectivity index (χ2n) is 6.33. The van der Waals surface area contributed by atoms with E-state index in [4.69, 9.17) is 4.74 Å². The predicted octanol–water partition coefficient (Wildman–Crippen LogP) is 4.49. The molecule has 0 saturated carbocycles. The lowest BCUT2D eigenvalue weighted by atomic mass is 9.95. The quantitative estimate of drug-likeness (QED) is 0.764. The minimum Gasteiger partial charge on any atom is -0.497 e. The third kappa shape index (κ3) is 2.87. The first-order valence-corrected chi connectivity index (χ1v) is 8.49. The summed E-state index contributed by atoms with van der Waals surface area (Å²) in [6, 6.07) is 26.2. The number of hydrogen-bond donors (Lipinski definition) is 1. The molecule has 0 aliphatic carbocycles. The minimum absolute atomic E-state index is 0.105. The van der Waals surface area contributed by atoms with Crippen LogP contribution in [0.25, 0.3) is 0 Å². The summed E-state index contributed by atoms with van der Waals surface area (Å²) in [7, 11) is 1.67. The first-order valence-electron chi connectivity index (χ1n) is 8.49. The molecule has 0 aromatic heterocycles. The number of aliphatic hydroxyl groups excluding tert-OH is 1. The van der Waals surface area contributed by atoms with E-state index in [-0.39, 0.29) is 6.04 Å². The van der Waals surface area contributed by atoms with Gasteiger partial charge in [0.2, 0.25) is 0 Å². The second-order valence-corrected chi connectivity index (χ2v) is 6.33. The van der Waals surface area contributed by atoms with Gasteiger partial charge in [0, 0.05) is 12.2 Å². The molecule has 126 valence electrons. The van der Waals surface area contributed by atoms with Gasteiger partial charge in [-0.15, -0.1) is 0 Å². The number of anilines is 1. The van der Waals surface area contributed by atoms with Gasteiger partial charge in [-0.05, 0) is 41.0 Å². The third-order valence-corrected chi connectivity index (χ3v) is 4.89. The molecule has 3 heteroatoms. The van der Waals surface area contributed by atoms with Crippen molar-refractivity contribution >= 4 is 5.69 Å². The summed E-state index contributed by atoms with van der Waals surface area (Å²) >= 11 is 0. The number of ether oxygens (including phenoxy) is 1. The van der Waals surface area contributed by atoms with Gasteiger partial charge in [0.1, 0.15) is 11.9 Å². The standard InChI is InChI=1S/C22H21NO2/c1-25-19-13-11-18(12-14-19)23-15-17-9-5-6-10-20(17)21(23)22(24)16-7-3-2-4-8-16/h2-14,21-22,24H,15H2,1H3. The Kier molecular flexibility index (Phi) is 4.16. The fourth-order valence-corrected chi connectivity index (χ4v) is 3.62. The fourth-order valence-electron chi connectivity index (χ4n) is 3.62. The van der Waals surface area contributed by atoms with E-state index in [0.717, 1.165) is 23.5 Å². The molecule has 1 heterocycles. The number of methoxy groups -OCH3 is 1. The van der Waals surface area contributed by atoms with Crippen molar-refractivity contribution in [2.45, 2.75) is 18.7 Å². The lowest BCUT2D eigenvalue weighted by molar-refractivity contribution is 0.145. The molecule has 2 atom stereocenters. The van der Waals surface area contributed by atoms with Gasteiger partial charge in [-0.25, -0.2) is 0 Å². The molecule has 1 aliphatic heterocycles. The molecule has 0 spiro atoms. The molecule has 25 heavy (non-hydrogen) atoms. The van der Waals surface area contributed by atoms with E-state index in [2.05, 4.69) is 35.2 Å². The zero-order chi connectivity index (χ0) is 17.2. The molecular weight excluding hydrogens is 310 g/mol. The Morgan fingerprint density at radius 3 is 2.32 bits per heavy atom. The molecule has 0 bridgehead atoms. The van der Waals surface area contributed by atoms with Crippen molar-refractivity contribution in [3.63, 3.8) is 0 Å². The van der Waals surface area contributed by atoms with Crippen LogP contribution >= 0.6 is 0 Å². The van der Waals surface area contributed by atoms with E-state index in [1.807, 2.05) is 48.5 Å². The predicted molar refractivity (Wildman–Crippen MR) is 99.8 cm³/mol. The molecule has 1 aliphatic rings. The molecule has 1 N–H and O–H groups in total. The van der Waals surface area contributed by atoms with Gasteiger partial charge in [-0.2, -0.15) is 0 Å². The van der Waals surface area contributed by atoms with Crippen LogP contribution in [-0.4, -0.2) is 12.2 Å². The molecular formula is C22H21NO2. The van der Waals surface area contributed by atoms with Crippen LogP contribution in [0, 0.1) is 0 Å². The van der Waals surface area contributed by atoms with Crippen LogP contribution < -0.4 is 9.64 Å². The Morgan fingerprint density at radius 2 is 1.60 bits per heavy atom. The van der Waals surface area contributed by atoms with Gasteiger partial charge in [0.05, 0.1) is 13.2 Å². The zero-order valence-corrected chi connectivity index (χ0v) is 14.2. The van der Waals surface area contributed by atoms with Crippen LogP contribution in [0.4, 0.5) is 5.69 Å². The van der Waals surface area contributed by atoms with E-state index >= 15 is 0 Å². The Bertz CT molecular complexity index is 845. The lowest BCUT2D eigenvalue weighted by Gasteiger charge is -2.31. The summed E-state index contributed by atoms with van der Waals surface area (Å²) in [5.74, 6) is 0.834. The SMILES string of the molecule is COc1ccc(N2Cc3ccccc3C2C(O)c2ccccc2)cc1. The summed E-state index contributed by atoms with van der Waals surface area (Å²) < 4.78 is 5.27. The van der Waals surface area contributed by atoms with Crippen LogP contribution in [0.3, 0.4) is 0 Å². The third-order valence-electron chi connectivity index (χ3n) is 4.89. The maximum Gasteiger partial charge on any atom is 0.119 e. The summed E-state index contributed by atoms with van der Waals surface area (Å²) in [6.45, 7) is 0.789. The number of hydrogen-bond acceptors (Lipinski definition) is 3. The van der Waals surface area contributed by atoms with Gasteiger partial charge in [0.25, 0.3) is 0 Å². The van der Waals surface area contributed by atoms with Gasteiger partial charge < -0.3 is 14.7 Å². The van der Waals surface area contributed by atoms with Crippen LogP contribution in [0.1, 0.15) is 28.8 Å². The van der Waals surface area contributed by atoms with Crippen molar-refractivity contribution in [3.05, 3.63) is 95.6 Å². The first-order chi connectivity index (χ1) is 12.3. The van der Waals surface area contributed by atoms with Crippen LogP contribution in [0.2, 0.25) is 0 Å². The lowest BCUT2D eigenvalue weighted by Crippen LogP contribution is -2.26. The van der Waals surface area contributed by atoms with Gasteiger partial charge in [-0.1, -0.05) is 54.6 Å². The summed E-state index contributed by atoms with van der Waals surface area (Å²) in [5.41, 5.74) is 4.47. The van der Waals surface area contributed by atoms with E-state index in [1.165, 1.54) is 11.1 Å². The van der Waals surface area contributed by atoms with E-state index in [0.29, 0.717) is 0 Å². The Hall–Kier alpha value is -2.78. The summed E-state index contributed by atoms with van der Waals surface area (Å²) in [6.07, 6.45) is -0.591. The highest BCUT2D eigenvalue weighted by atomic mass is 16.5. The molecule has 2 unspecified atom stereocenters. The highest BCUT2D eigenvalue weighted by Crippen LogP contribution is 2.44. The minimum atomic E-state index is -0.591. The van der Waals surface area contributed by atoms with Gasteiger partial charge in [0.15, 0.2) is 0 Å². The van der Waals surface area contributed by atoms with Crippen molar-refractivity contribution in [2.24, 2.45) is 0 Å². The number of aliphatic hydroxyl groups is 1. The van der Waals surface area contributed by atoms with E-state index < -0.39 is 6.10 Å². The monoisotopic (exact) mass is 331 g/mol. The average molecular weight is 331 g/mol. The number of fused-ring (bicyclic) bond motifs is 1. The average Bonchev–Trinajstić information content (AvgIpc) is 3.07. The molecule has 0 amide bonds. The van der Waals surface area contributed by atoms with Crippen LogP contribution in [0.15, 0.2) is 78.9 Å². The van der Waals surface area contributed by atoms with E-state index in [9.17, 15) is 5.11 Å². The highest BCUT2D eigenvalue weighted by Gasteiger charge is 2.36. The normalized spacial score (nSPS) is 17.2. The maximum absolute atomic E-state index is 11.1. The van der Waals surface area contributed by atoms with Gasteiger partial charge >= 0.3 is 0 Å². The zero-order valence-electron chi connectivity index (χ0n) is 14.2. The smallest absolute Gasteiger partial charge is 0.119 e. The molecule has 0 saturated heterocycles. The largest absolute Gasteiger partial charge is 0.497 e. The molecule has 3 aromatic carbocycles. The Morgan fingerprint density at radius 1 is 0.920 bits per heavy atom. The molecule has 0 fully saturated rings. The Balaban J connectivity index is 1.75. The summed E-state index contributed by atoms with van der Waals surface area (Å²) in [5, 5.41) is 11.1. The van der Waals surface area contributed by atoms with Crippen molar-refractivity contribution in [1.29, 1.82) is 0 Å². The second kappa shape index (κ2) is 6.61. The van der Waals surface area contributed by atoms with Crippen LogP contribution in [0.5, 0.6) is 5.75 Å². The van der Waals surface area contributed by atoms with E-state index in [1.54, 1.807) is 7.11 Å². The summed E-state index contributed by atoms with van der Waals surface area (Å²) in [4.78, 5) is 2.27. The number of nitrogens with zero attached hydrogens (tertiary/aromatic N) is 1. The molecule has 3 nitrogen and oxygen atoms in total. The first kappa shape index (κ1) is 15.7. The molecule has 0 radical (unpaired) electrons. The highest BCUT2D eigenvalue weighted by molar-refractivity contribution is 5.57. The van der Waals surface area contributed by atoms with Crippen molar-refractivity contribution in [2.75, 3.05) is 12.0 Å². The van der Waals surface area contributed by atoms with Crippen molar-refractivity contribution < 1.29 is 9.84 Å². The van der Waals surface area contributed by atoms with Crippen molar-refractivity contribution in [1.82, 2.24) is 0 Å². The van der Waals surface area contributed by atoms with Crippen molar-refractivity contribution in [3.8, 4) is 5.75 Å². The molecule has 3 aromatic rings. The Labute approximate surface area is 148 Å².